The van der Waals surface area contributed by atoms with Crippen molar-refractivity contribution in [3.05, 3.63) is 17.2 Å². The molecule has 1 aromatic heterocycles. The van der Waals surface area contributed by atoms with Gasteiger partial charge in [0, 0.05) is 18.9 Å². The molecule has 1 saturated carbocycles. The van der Waals surface area contributed by atoms with Gasteiger partial charge in [-0.05, 0) is 30.5 Å². The highest BCUT2D eigenvalue weighted by molar-refractivity contribution is 7.71. The minimum absolute atomic E-state index is 0.858. The predicted molar refractivity (Wildman–Crippen MR) is 51.5 cm³/mol. The van der Waals surface area contributed by atoms with Crippen LogP contribution >= 0.6 is 12.2 Å². The molecule has 1 aromatic rings. The molecule has 0 bridgehead atoms. The van der Waals surface area contributed by atoms with Crippen molar-refractivity contribution in [3.63, 3.8) is 0 Å². The average Bonchev–Trinajstić information content (AvgIpc) is 2.70. The van der Waals surface area contributed by atoms with Gasteiger partial charge in [-0.3, -0.25) is 0 Å². The van der Waals surface area contributed by atoms with E-state index in [1.165, 1.54) is 12.8 Å². The van der Waals surface area contributed by atoms with Crippen LogP contribution in [0.2, 0.25) is 0 Å². The first kappa shape index (κ1) is 8.05. The molecule has 0 amide bonds. The van der Waals surface area contributed by atoms with E-state index >= 15 is 0 Å². The smallest absolute Gasteiger partial charge is 0.177 e. The minimum atomic E-state index is 0.858. The van der Waals surface area contributed by atoms with Crippen molar-refractivity contribution in [1.29, 1.82) is 0 Å². The molecule has 0 aromatic carbocycles. The summed E-state index contributed by atoms with van der Waals surface area (Å²) in [7, 11) is 0. The van der Waals surface area contributed by atoms with Crippen molar-refractivity contribution in [1.82, 2.24) is 9.55 Å². The normalized spacial score (nSPS) is 27.4. The summed E-state index contributed by atoms with van der Waals surface area (Å²) in [5.41, 5.74) is 0. The van der Waals surface area contributed by atoms with Gasteiger partial charge in [-0.1, -0.05) is 13.3 Å². The van der Waals surface area contributed by atoms with E-state index in [0.717, 1.165) is 23.2 Å². The van der Waals surface area contributed by atoms with Crippen molar-refractivity contribution < 1.29 is 0 Å². The lowest BCUT2D eigenvalue weighted by atomic mass is 10.2. The fourth-order valence-corrected chi connectivity index (χ4v) is 1.98. The zero-order valence-corrected chi connectivity index (χ0v) is 8.10. The number of rotatable bonds is 3. The second-order valence-corrected chi connectivity index (χ2v) is 3.97. The first-order chi connectivity index (χ1) is 5.81. The van der Waals surface area contributed by atoms with Gasteiger partial charge in [0.15, 0.2) is 4.77 Å². The summed E-state index contributed by atoms with van der Waals surface area (Å²) < 4.78 is 2.99. The number of H-pyrrole nitrogens is 1. The molecule has 0 radical (unpaired) electrons. The van der Waals surface area contributed by atoms with Gasteiger partial charge in [-0.25, -0.2) is 0 Å². The molecule has 1 aliphatic carbocycles. The van der Waals surface area contributed by atoms with Crippen molar-refractivity contribution in [2.75, 3.05) is 0 Å². The quantitative estimate of drug-likeness (QED) is 0.713. The summed E-state index contributed by atoms with van der Waals surface area (Å²) in [6.45, 7) is 3.38. The van der Waals surface area contributed by atoms with Crippen LogP contribution in [0.5, 0.6) is 0 Å². The van der Waals surface area contributed by atoms with Gasteiger partial charge in [-0.2, -0.15) is 0 Å². The third-order valence-corrected chi connectivity index (χ3v) is 3.10. The maximum atomic E-state index is 5.11. The molecular formula is C9H14N2S. The second-order valence-electron chi connectivity index (χ2n) is 3.58. The van der Waals surface area contributed by atoms with Crippen molar-refractivity contribution in [3.8, 4) is 0 Å². The molecule has 2 rings (SSSR count). The minimum Gasteiger partial charge on any atom is -0.337 e. The highest BCUT2D eigenvalue weighted by Gasteiger charge is 2.35. The van der Waals surface area contributed by atoms with Gasteiger partial charge in [0.05, 0.1) is 0 Å². The number of nitrogens with zero attached hydrogens (tertiary/aromatic N) is 1. The van der Waals surface area contributed by atoms with Gasteiger partial charge in [0.2, 0.25) is 0 Å². The van der Waals surface area contributed by atoms with E-state index in [2.05, 4.69) is 16.5 Å². The number of aromatic nitrogens is 2. The van der Waals surface area contributed by atoms with E-state index in [-0.39, 0.29) is 0 Å². The van der Waals surface area contributed by atoms with E-state index in [4.69, 9.17) is 12.2 Å². The summed E-state index contributed by atoms with van der Waals surface area (Å²) in [5.74, 6) is 1.85. The summed E-state index contributed by atoms with van der Waals surface area (Å²) in [6.07, 6.45) is 6.66. The largest absolute Gasteiger partial charge is 0.337 e. The number of hydrogen-bond acceptors (Lipinski definition) is 1. The van der Waals surface area contributed by atoms with E-state index in [9.17, 15) is 0 Å². The van der Waals surface area contributed by atoms with Crippen LogP contribution < -0.4 is 0 Å². The molecule has 1 N–H and O–H groups in total. The molecule has 1 heterocycles. The van der Waals surface area contributed by atoms with Crippen LogP contribution in [0, 0.1) is 16.6 Å². The molecule has 0 spiro atoms. The van der Waals surface area contributed by atoms with E-state index < -0.39 is 0 Å². The van der Waals surface area contributed by atoms with Crippen LogP contribution in [0.4, 0.5) is 0 Å². The standard InChI is InChI=1S/C9H14N2S/c1-2-7-5-8(7)6-11-4-3-10-9(11)12/h3-4,7-8H,2,5-6H2,1H3,(H,10,12)/t7-,8+/m1/s1. The molecule has 0 aliphatic heterocycles. The summed E-state index contributed by atoms with van der Waals surface area (Å²) >= 11 is 5.11. The summed E-state index contributed by atoms with van der Waals surface area (Å²) in [4.78, 5) is 3.01. The van der Waals surface area contributed by atoms with Gasteiger partial charge >= 0.3 is 0 Å². The molecule has 66 valence electrons. The fourth-order valence-electron chi connectivity index (χ4n) is 1.78. The van der Waals surface area contributed by atoms with Crippen LogP contribution in [0.15, 0.2) is 12.4 Å². The van der Waals surface area contributed by atoms with Gasteiger partial charge in [0.25, 0.3) is 0 Å². The van der Waals surface area contributed by atoms with Crippen molar-refractivity contribution in [2.24, 2.45) is 11.8 Å². The maximum Gasteiger partial charge on any atom is 0.177 e. The Balaban J connectivity index is 1.97. The van der Waals surface area contributed by atoms with Crippen LogP contribution in [-0.2, 0) is 6.54 Å². The monoisotopic (exact) mass is 182 g/mol. The van der Waals surface area contributed by atoms with Crippen LogP contribution in [0.3, 0.4) is 0 Å². The Hall–Kier alpha value is -0.570. The molecular weight excluding hydrogens is 168 g/mol. The predicted octanol–water partition coefficient (Wildman–Crippen LogP) is 2.59. The maximum absolute atomic E-state index is 5.11. The van der Waals surface area contributed by atoms with Gasteiger partial charge in [-0.15, -0.1) is 0 Å². The Morgan fingerprint density at radius 3 is 3.00 bits per heavy atom. The third-order valence-electron chi connectivity index (χ3n) is 2.75. The second kappa shape index (κ2) is 3.05. The number of hydrogen-bond donors (Lipinski definition) is 1. The molecule has 2 nitrogen and oxygen atoms in total. The molecule has 12 heavy (non-hydrogen) atoms. The van der Waals surface area contributed by atoms with Crippen LogP contribution in [-0.4, -0.2) is 9.55 Å². The Morgan fingerprint density at radius 1 is 1.67 bits per heavy atom. The molecule has 3 heteroatoms. The van der Waals surface area contributed by atoms with E-state index in [1.54, 1.807) is 0 Å². The lowest BCUT2D eigenvalue weighted by Crippen LogP contribution is -1.99. The Kier molecular flexibility index (Phi) is 2.05. The first-order valence-electron chi connectivity index (χ1n) is 4.55. The average molecular weight is 182 g/mol. The molecule has 0 unspecified atom stereocenters. The fraction of sp³-hybridized carbons (Fsp3) is 0.667. The zero-order chi connectivity index (χ0) is 8.55. The SMILES string of the molecule is CC[C@@H]1C[C@H]1Cn1cc[nH]c1=S. The molecule has 1 fully saturated rings. The van der Waals surface area contributed by atoms with Crippen LogP contribution in [0.25, 0.3) is 0 Å². The lowest BCUT2D eigenvalue weighted by Gasteiger charge is -1.99. The first-order valence-corrected chi connectivity index (χ1v) is 4.96. The van der Waals surface area contributed by atoms with Gasteiger partial charge in [0.1, 0.15) is 0 Å². The Labute approximate surface area is 77.6 Å². The third kappa shape index (κ3) is 1.46. The topological polar surface area (TPSA) is 20.7 Å². The molecule has 1 aliphatic rings. The van der Waals surface area contributed by atoms with E-state index in [1.807, 2.05) is 12.4 Å². The Morgan fingerprint density at radius 2 is 2.50 bits per heavy atom. The molecule has 0 saturated heterocycles. The van der Waals surface area contributed by atoms with E-state index in [0.29, 0.717) is 0 Å². The zero-order valence-electron chi connectivity index (χ0n) is 7.29. The van der Waals surface area contributed by atoms with Crippen LogP contribution in [0.1, 0.15) is 19.8 Å². The van der Waals surface area contributed by atoms with Crippen molar-refractivity contribution >= 4 is 12.2 Å². The number of imidazole rings is 1. The lowest BCUT2D eigenvalue weighted by molar-refractivity contribution is 0.565. The summed E-state index contributed by atoms with van der Waals surface area (Å²) in [5, 5.41) is 0. The summed E-state index contributed by atoms with van der Waals surface area (Å²) in [6, 6.07) is 0. The highest BCUT2D eigenvalue weighted by atomic mass is 32.1. The number of aromatic amines is 1. The Bertz CT molecular complexity index is 312. The highest BCUT2D eigenvalue weighted by Crippen LogP contribution is 2.41. The van der Waals surface area contributed by atoms with Crippen molar-refractivity contribution in [2.45, 2.75) is 26.3 Å². The molecule has 2 atom stereocenters. The number of nitrogens with one attached hydrogen (secondary N) is 1. The van der Waals surface area contributed by atoms with Gasteiger partial charge < -0.3 is 9.55 Å².